The van der Waals surface area contributed by atoms with E-state index in [1.165, 1.54) is 0 Å². The second-order valence-corrected chi connectivity index (χ2v) is 2.05. The summed E-state index contributed by atoms with van der Waals surface area (Å²) >= 11 is 10.1. The minimum absolute atomic E-state index is 0. The van der Waals surface area contributed by atoms with Gasteiger partial charge in [-0.1, -0.05) is 0 Å². The quantitative estimate of drug-likeness (QED) is 0.449. The summed E-state index contributed by atoms with van der Waals surface area (Å²) in [7, 11) is 0. The summed E-state index contributed by atoms with van der Waals surface area (Å²) in [6, 6.07) is 0. The van der Waals surface area contributed by atoms with Crippen LogP contribution < -0.4 is 0 Å². The fourth-order valence-electron chi connectivity index (χ4n) is 0. The Morgan fingerprint density at radius 2 is 1.40 bits per heavy atom. The number of hydrogen-bond donors (Lipinski definition) is 0. The molecule has 0 N–H and O–H groups in total. The van der Waals surface area contributed by atoms with Gasteiger partial charge in [0.15, 0.2) is 0 Å². The standard InChI is InChI=1S/C2H4Cl2.Ar/c1-2(3)4;/h2H,1H3;. The van der Waals surface area contributed by atoms with Crippen LogP contribution in [0.4, 0.5) is 0 Å². The Bertz CT molecular complexity index is 12.4. The van der Waals surface area contributed by atoms with Gasteiger partial charge in [-0.15, -0.1) is 23.2 Å². The monoisotopic (exact) mass is 138 g/mol. The van der Waals surface area contributed by atoms with Crippen molar-refractivity contribution in [2.75, 3.05) is 0 Å². The van der Waals surface area contributed by atoms with Crippen molar-refractivity contribution in [1.29, 1.82) is 0 Å². The summed E-state index contributed by atoms with van der Waals surface area (Å²) in [5.74, 6) is 0. The Labute approximate surface area is 71.8 Å². The van der Waals surface area contributed by atoms with Crippen molar-refractivity contribution >= 4 is 23.2 Å². The van der Waals surface area contributed by atoms with Crippen LogP contribution in [0.25, 0.3) is 0 Å². The second-order valence-electron chi connectivity index (χ2n) is 0.519. The van der Waals surface area contributed by atoms with Crippen LogP contribution in [0.15, 0.2) is 0 Å². The molecule has 0 aliphatic heterocycles. The van der Waals surface area contributed by atoms with Gasteiger partial charge in [-0.3, -0.25) is 0 Å². The molecule has 0 aliphatic carbocycles. The molecule has 0 heterocycles. The molecule has 0 saturated carbocycles. The largest absolute Gasteiger partial charge is 0.106 e. The molecule has 0 aliphatic rings. The van der Waals surface area contributed by atoms with Crippen LogP contribution >= 0.6 is 23.2 Å². The second kappa shape index (κ2) is 5.84. The van der Waals surface area contributed by atoms with Gasteiger partial charge in [-0.2, -0.15) is 0 Å². The zero-order chi connectivity index (χ0) is 3.58. The van der Waals surface area contributed by atoms with E-state index in [2.05, 4.69) is 0 Å². The normalized spacial score (nSPS) is 7.20. The van der Waals surface area contributed by atoms with Gasteiger partial charge < -0.3 is 0 Å². The van der Waals surface area contributed by atoms with Crippen molar-refractivity contribution in [3.63, 3.8) is 0 Å². The predicted octanol–water partition coefficient (Wildman–Crippen LogP) is 1.81. The maximum absolute atomic E-state index is 5.04. The third-order valence-electron chi connectivity index (χ3n) is 0. The maximum Gasteiger partial charge on any atom is 0.105 e. The molecule has 0 fully saturated rings. The van der Waals surface area contributed by atoms with Crippen LogP contribution in [0.1, 0.15) is 6.92 Å². The van der Waals surface area contributed by atoms with Crippen molar-refractivity contribution in [2.45, 2.75) is 11.8 Å². The van der Waals surface area contributed by atoms with Gasteiger partial charge in [-0.25, -0.2) is 0 Å². The molecule has 3 heteroatoms. The molecule has 0 amide bonds. The molecular formula is C2H4ArCl2. The van der Waals surface area contributed by atoms with E-state index in [1.54, 1.807) is 6.92 Å². The third-order valence-corrected chi connectivity index (χ3v) is 0. The molecule has 0 nitrogen and oxygen atoms in total. The van der Waals surface area contributed by atoms with Gasteiger partial charge >= 0.3 is 0 Å². The summed E-state index contributed by atoms with van der Waals surface area (Å²) in [5, 5.41) is 0. The first-order valence-corrected chi connectivity index (χ1v) is 1.89. The maximum atomic E-state index is 5.04. The van der Waals surface area contributed by atoms with E-state index in [9.17, 15) is 0 Å². The summed E-state index contributed by atoms with van der Waals surface area (Å²) in [4.78, 5) is -0.222. The predicted molar refractivity (Wildman–Crippen MR) is 21.2 cm³/mol. The van der Waals surface area contributed by atoms with Crippen molar-refractivity contribution < 1.29 is 37.7 Å². The molecule has 0 spiro atoms. The Kier molecular flexibility index (Phi) is 11.6. The Hall–Kier alpha value is 1.84. The van der Waals surface area contributed by atoms with Crippen LogP contribution in [-0.2, 0) is 0 Å². The number of halogens is 2. The minimum Gasteiger partial charge on any atom is -0.106 e. The summed E-state index contributed by atoms with van der Waals surface area (Å²) < 4.78 is 0. The molecule has 0 rings (SSSR count). The van der Waals surface area contributed by atoms with Crippen LogP contribution in [0.2, 0.25) is 0 Å². The van der Waals surface area contributed by atoms with E-state index < -0.39 is 0 Å². The van der Waals surface area contributed by atoms with Crippen LogP contribution in [-0.4, -0.2) is 4.84 Å². The van der Waals surface area contributed by atoms with Gasteiger partial charge in [0.2, 0.25) is 0 Å². The first kappa shape index (κ1) is 9.96. The van der Waals surface area contributed by atoms with Crippen molar-refractivity contribution in [3.05, 3.63) is 0 Å². The number of rotatable bonds is 0. The average Bonchev–Trinajstić information content (AvgIpc) is 0.811. The number of alkyl halides is 2. The Morgan fingerprint density at radius 1 is 1.40 bits per heavy atom. The Balaban J connectivity index is 0. The fraction of sp³-hybridized carbons (Fsp3) is 1.00. The van der Waals surface area contributed by atoms with Crippen molar-refractivity contribution in [3.8, 4) is 0 Å². The summed E-state index contributed by atoms with van der Waals surface area (Å²) in [5.41, 5.74) is 0. The molecule has 0 radical (unpaired) electrons. The fourth-order valence-corrected chi connectivity index (χ4v) is 0. The van der Waals surface area contributed by atoms with Gasteiger partial charge in [0.05, 0.1) is 0 Å². The van der Waals surface area contributed by atoms with E-state index >= 15 is 0 Å². The van der Waals surface area contributed by atoms with E-state index in [0.29, 0.717) is 0 Å². The van der Waals surface area contributed by atoms with Crippen LogP contribution in [0.3, 0.4) is 0 Å². The van der Waals surface area contributed by atoms with E-state index in [0.717, 1.165) is 0 Å². The molecule has 5 heavy (non-hydrogen) atoms. The molecule has 0 aromatic carbocycles. The Morgan fingerprint density at radius 3 is 1.40 bits per heavy atom. The first-order valence-electron chi connectivity index (χ1n) is 1.01. The van der Waals surface area contributed by atoms with E-state index in [4.69, 9.17) is 23.2 Å². The van der Waals surface area contributed by atoms with E-state index in [-0.39, 0.29) is 42.6 Å². The van der Waals surface area contributed by atoms with E-state index in [1.807, 2.05) is 0 Å². The van der Waals surface area contributed by atoms with Crippen LogP contribution in [0, 0.1) is 37.7 Å². The first-order chi connectivity index (χ1) is 1.73. The SMILES string of the molecule is CC(Cl)Cl.[Ar]. The average molecular weight is 139 g/mol. The minimum atomic E-state index is -0.222. The molecule has 0 saturated heterocycles. The van der Waals surface area contributed by atoms with Gasteiger partial charge in [-0.05, 0) is 6.92 Å². The number of hydrogen-bond acceptors (Lipinski definition) is 0. The summed E-state index contributed by atoms with van der Waals surface area (Å²) in [6.45, 7) is 1.70. The zero-order valence-electron chi connectivity index (χ0n) is 2.69. The molecule has 0 aromatic heterocycles. The third kappa shape index (κ3) is 25.4. The van der Waals surface area contributed by atoms with Crippen molar-refractivity contribution in [1.82, 2.24) is 0 Å². The molecule has 0 aromatic rings. The van der Waals surface area contributed by atoms with Crippen molar-refractivity contribution in [2.24, 2.45) is 0 Å². The molecule has 0 bridgehead atoms. The van der Waals surface area contributed by atoms with Gasteiger partial charge in [0.25, 0.3) is 0 Å². The van der Waals surface area contributed by atoms with Crippen LogP contribution in [0.5, 0.6) is 0 Å². The topological polar surface area (TPSA) is 0 Å². The molecule has 34 valence electrons. The smallest absolute Gasteiger partial charge is 0.105 e. The molecular weight excluding hydrogens is 135 g/mol. The molecule has 0 atom stereocenters. The zero-order valence-corrected chi connectivity index (χ0v) is 4.91. The summed E-state index contributed by atoms with van der Waals surface area (Å²) in [6.07, 6.45) is 0. The van der Waals surface area contributed by atoms with Gasteiger partial charge in [0, 0.05) is 37.7 Å². The molecule has 0 unspecified atom stereocenters. The van der Waals surface area contributed by atoms with Gasteiger partial charge in [0.1, 0.15) is 4.84 Å².